The van der Waals surface area contributed by atoms with E-state index in [0.29, 0.717) is 5.82 Å². The maximum Gasteiger partial charge on any atom is 0.238 e. The van der Waals surface area contributed by atoms with Crippen molar-refractivity contribution in [3.8, 4) is 0 Å². The van der Waals surface area contributed by atoms with Gasteiger partial charge in [-0.3, -0.25) is 9.89 Å². The van der Waals surface area contributed by atoms with E-state index in [4.69, 9.17) is 0 Å². The summed E-state index contributed by atoms with van der Waals surface area (Å²) in [5.74, 6) is 1.66. The molecule has 0 unspecified atom stereocenters. The molecule has 0 saturated heterocycles. The minimum Gasteiger partial charge on any atom is -0.308 e. The van der Waals surface area contributed by atoms with Crippen LogP contribution in [0.25, 0.3) is 0 Å². The number of carbonyl (C=O) groups excluding carboxylic acids is 1. The summed E-state index contributed by atoms with van der Waals surface area (Å²) in [6, 6.07) is 1.82. The summed E-state index contributed by atoms with van der Waals surface area (Å²) >= 11 is 1.69. The SMILES string of the molecule is CCCCS[C@@H](C)C(=O)Nc1cc(C)[nH]n1. The highest BCUT2D eigenvalue weighted by Crippen LogP contribution is 2.14. The van der Waals surface area contributed by atoms with E-state index in [2.05, 4.69) is 22.4 Å². The first kappa shape index (κ1) is 13.1. The van der Waals surface area contributed by atoms with E-state index in [1.165, 1.54) is 6.42 Å². The molecule has 1 rings (SSSR count). The van der Waals surface area contributed by atoms with Crippen LogP contribution in [0.2, 0.25) is 0 Å². The Kier molecular flexibility index (Phi) is 5.38. The molecule has 0 aromatic carbocycles. The monoisotopic (exact) mass is 241 g/mol. The van der Waals surface area contributed by atoms with Gasteiger partial charge in [-0.25, -0.2) is 0 Å². The third-order valence-corrected chi connectivity index (χ3v) is 3.43. The largest absolute Gasteiger partial charge is 0.308 e. The van der Waals surface area contributed by atoms with Crippen molar-refractivity contribution in [1.29, 1.82) is 0 Å². The maximum atomic E-state index is 11.7. The van der Waals surface area contributed by atoms with Crippen LogP contribution >= 0.6 is 11.8 Å². The number of nitrogens with zero attached hydrogens (tertiary/aromatic N) is 1. The van der Waals surface area contributed by atoms with Crippen molar-refractivity contribution in [3.63, 3.8) is 0 Å². The predicted molar refractivity (Wildman–Crippen MR) is 68.8 cm³/mol. The Labute approximate surface area is 101 Å². The summed E-state index contributed by atoms with van der Waals surface area (Å²) in [5.41, 5.74) is 0.946. The highest BCUT2D eigenvalue weighted by Gasteiger charge is 2.13. The molecule has 4 nitrogen and oxygen atoms in total. The van der Waals surface area contributed by atoms with Gasteiger partial charge in [0.15, 0.2) is 5.82 Å². The van der Waals surface area contributed by atoms with Gasteiger partial charge in [-0.05, 0) is 26.0 Å². The van der Waals surface area contributed by atoms with Gasteiger partial charge in [0.2, 0.25) is 5.91 Å². The quantitative estimate of drug-likeness (QED) is 0.753. The Morgan fingerprint density at radius 1 is 1.69 bits per heavy atom. The van der Waals surface area contributed by atoms with Gasteiger partial charge < -0.3 is 5.32 Å². The molecule has 90 valence electrons. The average Bonchev–Trinajstić information content (AvgIpc) is 2.64. The van der Waals surface area contributed by atoms with Crippen molar-refractivity contribution in [2.24, 2.45) is 0 Å². The minimum absolute atomic E-state index is 0.0209. The van der Waals surface area contributed by atoms with Crippen LogP contribution in [0.4, 0.5) is 5.82 Å². The molecule has 1 heterocycles. The van der Waals surface area contributed by atoms with Gasteiger partial charge in [-0.2, -0.15) is 5.10 Å². The van der Waals surface area contributed by atoms with Crippen LogP contribution in [0, 0.1) is 6.92 Å². The van der Waals surface area contributed by atoms with Crippen molar-refractivity contribution in [2.75, 3.05) is 11.1 Å². The minimum atomic E-state index is -0.0245. The van der Waals surface area contributed by atoms with Crippen LogP contribution in [0.5, 0.6) is 0 Å². The number of carbonyl (C=O) groups is 1. The molecule has 0 fully saturated rings. The van der Waals surface area contributed by atoms with Gasteiger partial charge in [0.05, 0.1) is 5.25 Å². The molecule has 5 heteroatoms. The Morgan fingerprint density at radius 3 is 3.00 bits per heavy atom. The summed E-state index contributed by atoms with van der Waals surface area (Å²) in [7, 11) is 0. The molecular weight excluding hydrogens is 222 g/mol. The predicted octanol–water partition coefficient (Wildman–Crippen LogP) is 2.58. The summed E-state index contributed by atoms with van der Waals surface area (Å²) in [4.78, 5) is 11.7. The fourth-order valence-corrected chi connectivity index (χ4v) is 2.21. The van der Waals surface area contributed by atoms with E-state index in [9.17, 15) is 4.79 Å². The number of rotatable bonds is 6. The maximum absolute atomic E-state index is 11.7. The van der Waals surface area contributed by atoms with E-state index < -0.39 is 0 Å². The van der Waals surface area contributed by atoms with Crippen molar-refractivity contribution < 1.29 is 4.79 Å². The molecule has 1 amide bonds. The Morgan fingerprint density at radius 2 is 2.44 bits per heavy atom. The molecule has 1 aromatic heterocycles. The second-order valence-corrected chi connectivity index (χ2v) is 5.24. The summed E-state index contributed by atoms with van der Waals surface area (Å²) in [6.07, 6.45) is 2.32. The lowest BCUT2D eigenvalue weighted by Gasteiger charge is -2.09. The lowest BCUT2D eigenvalue weighted by Crippen LogP contribution is -2.23. The fraction of sp³-hybridized carbons (Fsp3) is 0.636. The standard InChI is InChI=1S/C11H19N3OS/c1-4-5-6-16-9(3)11(15)12-10-7-8(2)13-14-10/h7,9H,4-6H2,1-3H3,(H2,12,13,14,15)/t9-/m0/s1. The number of amides is 1. The van der Waals surface area contributed by atoms with Gasteiger partial charge in [-0.15, -0.1) is 11.8 Å². The highest BCUT2D eigenvalue weighted by molar-refractivity contribution is 8.00. The molecule has 0 bridgehead atoms. The van der Waals surface area contributed by atoms with E-state index in [1.807, 2.05) is 19.9 Å². The lowest BCUT2D eigenvalue weighted by molar-refractivity contribution is -0.115. The fourth-order valence-electron chi connectivity index (χ4n) is 1.19. The zero-order chi connectivity index (χ0) is 12.0. The van der Waals surface area contributed by atoms with Crippen LogP contribution < -0.4 is 5.32 Å². The molecule has 1 aromatic rings. The van der Waals surface area contributed by atoms with E-state index in [1.54, 1.807) is 11.8 Å². The molecular formula is C11H19N3OS. The van der Waals surface area contributed by atoms with Gasteiger partial charge >= 0.3 is 0 Å². The molecule has 0 aliphatic rings. The topological polar surface area (TPSA) is 57.8 Å². The van der Waals surface area contributed by atoms with Crippen LogP contribution in [-0.4, -0.2) is 27.1 Å². The zero-order valence-electron chi connectivity index (χ0n) is 10.0. The van der Waals surface area contributed by atoms with Crippen LogP contribution in [0.1, 0.15) is 32.4 Å². The zero-order valence-corrected chi connectivity index (χ0v) is 10.9. The van der Waals surface area contributed by atoms with Gasteiger partial charge in [0.1, 0.15) is 0 Å². The molecule has 0 aliphatic heterocycles. The summed E-state index contributed by atoms with van der Waals surface area (Å²) in [6.45, 7) is 5.98. The molecule has 0 saturated carbocycles. The third kappa shape index (κ3) is 4.26. The number of hydrogen-bond acceptors (Lipinski definition) is 3. The molecule has 1 atom stereocenters. The normalized spacial score (nSPS) is 12.4. The first-order valence-corrected chi connectivity index (χ1v) is 6.62. The van der Waals surface area contributed by atoms with Crippen molar-refractivity contribution in [3.05, 3.63) is 11.8 Å². The summed E-state index contributed by atoms with van der Waals surface area (Å²) in [5, 5.41) is 9.52. The second kappa shape index (κ2) is 6.58. The number of hydrogen-bond donors (Lipinski definition) is 2. The first-order chi connectivity index (χ1) is 7.63. The van der Waals surface area contributed by atoms with Crippen LogP contribution in [0.15, 0.2) is 6.07 Å². The second-order valence-electron chi connectivity index (χ2n) is 3.79. The van der Waals surface area contributed by atoms with E-state index in [-0.39, 0.29) is 11.2 Å². The van der Waals surface area contributed by atoms with Crippen molar-refractivity contribution in [1.82, 2.24) is 10.2 Å². The first-order valence-electron chi connectivity index (χ1n) is 5.58. The molecule has 2 N–H and O–H groups in total. The molecule has 0 aliphatic carbocycles. The lowest BCUT2D eigenvalue weighted by atomic mass is 10.4. The highest BCUT2D eigenvalue weighted by atomic mass is 32.2. The number of aromatic amines is 1. The number of aryl methyl sites for hydroxylation is 1. The van der Waals surface area contributed by atoms with Gasteiger partial charge in [-0.1, -0.05) is 13.3 Å². The number of aromatic nitrogens is 2. The molecule has 0 spiro atoms. The number of unbranched alkanes of at least 4 members (excludes halogenated alkanes) is 1. The number of thioether (sulfide) groups is 1. The Balaban J connectivity index is 2.34. The smallest absolute Gasteiger partial charge is 0.238 e. The van der Waals surface area contributed by atoms with Crippen LogP contribution in [-0.2, 0) is 4.79 Å². The molecule has 0 radical (unpaired) electrons. The van der Waals surface area contributed by atoms with Crippen LogP contribution in [0.3, 0.4) is 0 Å². The Hall–Kier alpha value is -0.970. The third-order valence-electron chi connectivity index (χ3n) is 2.19. The van der Waals surface area contributed by atoms with Gasteiger partial charge in [0.25, 0.3) is 0 Å². The number of anilines is 1. The van der Waals surface area contributed by atoms with E-state index in [0.717, 1.165) is 17.9 Å². The molecule has 16 heavy (non-hydrogen) atoms. The summed E-state index contributed by atoms with van der Waals surface area (Å²) < 4.78 is 0. The van der Waals surface area contributed by atoms with Crippen molar-refractivity contribution in [2.45, 2.75) is 38.9 Å². The average molecular weight is 241 g/mol. The number of H-pyrrole nitrogens is 1. The van der Waals surface area contributed by atoms with Crippen molar-refractivity contribution >= 4 is 23.5 Å². The van der Waals surface area contributed by atoms with Gasteiger partial charge in [0, 0.05) is 11.8 Å². The Bertz CT molecular complexity index is 338. The van der Waals surface area contributed by atoms with E-state index >= 15 is 0 Å². The number of nitrogens with one attached hydrogen (secondary N) is 2.